The fraction of sp³-hybridized carbons (Fsp3) is 0.286. The second-order valence-electron chi connectivity index (χ2n) is 4.64. The van der Waals surface area contributed by atoms with Crippen molar-refractivity contribution in [1.82, 2.24) is 5.32 Å². The van der Waals surface area contributed by atoms with Gasteiger partial charge in [-0.1, -0.05) is 11.6 Å². The van der Waals surface area contributed by atoms with Gasteiger partial charge in [-0.15, -0.1) is 0 Å². The van der Waals surface area contributed by atoms with Crippen molar-refractivity contribution in [2.24, 2.45) is 0 Å². The SMILES string of the molecule is N#CC(=Cc1cc2c(cc1Cl)OCO2)C(=O)NC1CC1. The fourth-order valence-electron chi connectivity index (χ4n) is 1.84. The quantitative estimate of drug-likeness (QED) is 0.684. The lowest BCUT2D eigenvalue weighted by molar-refractivity contribution is -0.117. The Balaban J connectivity index is 1.89. The first-order valence-electron chi connectivity index (χ1n) is 6.19. The van der Waals surface area contributed by atoms with Gasteiger partial charge in [-0.3, -0.25) is 4.79 Å². The lowest BCUT2D eigenvalue weighted by Crippen LogP contribution is -2.26. The molecule has 1 aliphatic heterocycles. The number of benzene rings is 1. The van der Waals surface area contributed by atoms with Crippen LogP contribution >= 0.6 is 11.6 Å². The number of nitriles is 1. The van der Waals surface area contributed by atoms with Gasteiger partial charge >= 0.3 is 0 Å². The normalized spacial score (nSPS) is 16.7. The van der Waals surface area contributed by atoms with Crippen LogP contribution in [0.25, 0.3) is 6.08 Å². The van der Waals surface area contributed by atoms with E-state index in [2.05, 4.69) is 5.32 Å². The molecule has 0 radical (unpaired) electrons. The zero-order chi connectivity index (χ0) is 14.1. The number of hydrogen-bond donors (Lipinski definition) is 1. The van der Waals surface area contributed by atoms with Gasteiger partial charge in [0, 0.05) is 12.1 Å². The van der Waals surface area contributed by atoms with Crippen molar-refractivity contribution in [3.05, 3.63) is 28.3 Å². The number of amides is 1. The summed E-state index contributed by atoms with van der Waals surface area (Å²) >= 11 is 6.11. The summed E-state index contributed by atoms with van der Waals surface area (Å²) in [5.41, 5.74) is 0.580. The first kappa shape index (κ1) is 12.8. The first-order chi connectivity index (χ1) is 9.67. The highest BCUT2D eigenvalue weighted by atomic mass is 35.5. The molecule has 3 rings (SSSR count). The zero-order valence-corrected chi connectivity index (χ0v) is 11.2. The molecule has 1 N–H and O–H groups in total. The number of carbonyl (C=O) groups is 1. The molecule has 0 saturated heterocycles. The van der Waals surface area contributed by atoms with Crippen molar-refractivity contribution in [2.45, 2.75) is 18.9 Å². The second kappa shape index (κ2) is 5.06. The van der Waals surface area contributed by atoms with Crippen LogP contribution in [0.1, 0.15) is 18.4 Å². The molecule has 1 heterocycles. The Morgan fingerprint density at radius 3 is 2.75 bits per heavy atom. The Labute approximate surface area is 120 Å². The average molecular weight is 291 g/mol. The third-order valence-corrected chi connectivity index (χ3v) is 3.40. The van der Waals surface area contributed by atoms with Crippen LogP contribution < -0.4 is 14.8 Å². The molecule has 0 spiro atoms. The van der Waals surface area contributed by atoms with Crippen LogP contribution in [0.5, 0.6) is 11.5 Å². The maximum atomic E-state index is 11.9. The molecule has 20 heavy (non-hydrogen) atoms. The summed E-state index contributed by atoms with van der Waals surface area (Å²) in [7, 11) is 0. The summed E-state index contributed by atoms with van der Waals surface area (Å²) in [6, 6.07) is 5.37. The highest BCUT2D eigenvalue weighted by Crippen LogP contribution is 2.37. The van der Waals surface area contributed by atoms with Crippen LogP contribution in [0.2, 0.25) is 5.02 Å². The largest absolute Gasteiger partial charge is 0.454 e. The first-order valence-corrected chi connectivity index (χ1v) is 6.57. The van der Waals surface area contributed by atoms with E-state index in [-0.39, 0.29) is 24.3 Å². The Hall–Kier alpha value is -2.19. The van der Waals surface area contributed by atoms with E-state index in [9.17, 15) is 4.79 Å². The molecule has 0 unspecified atom stereocenters. The summed E-state index contributed by atoms with van der Waals surface area (Å²) in [4.78, 5) is 11.9. The Morgan fingerprint density at radius 2 is 2.10 bits per heavy atom. The summed E-state index contributed by atoms with van der Waals surface area (Å²) < 4.78 is 10.5. The lowest BCUT2D eigenvalue weighted by atomic mass is 10.1. The Bertz CT molecular complexity index is 645. The fourth-order valence-corrected chi connectivity index (χ4v) is 2.05. The minimum absolute atomic E-state index is 0.0256. The van der Waals surface area contributed by atoms with E-state index >= 15 is 0 Å². The number of fused-ring (bicyclic) bond motifs is 1. The van der Waals surface area contributed by atoms with E-state index in [1.807, 2.05) is 6.07 Å². The van der Waals surface area contributed by atoms with E-state index in [0.717, 1.165) is 12.8 Å². The smallest absolute Gasteiger partial charge is 0.262 e. The summed E-state index contributed by atoms with van der Waals surface area (Å²) in [6.07, 6.45) is 3.40. The molecule has 2 aliphatic rings. The van der Waals surface area contributed by atoms with Gasteiger partial charge in [0.05, 0.1) is 5.02 Å². The molecule has 0 atom stereocenters. The van der Waals surface area contributed by atoms with E-state index in [1.54, 1.807) is 12.1 Å². The van der Waals surface area contributed by atoms with Gasteiger partial charge in [0.1, 0.15) is 11.6 Å². The molecule has 1 aromatic carbocycles. The van der Waals surface area contributed by atoms with Crippen molar-refractivity contribution in [1.29, 1.82) is 5.26 Å². The molecule has 1 saturated carbocycles. The van der Waals surface area contributed by atoms with Crippen LogP contribution in [-0.2, 0) is 4.79 Å². The molecule has 0 aromatic heterocycles. The van der Waals surface area contributed by atoms with E-state index in [1.165, 1.54) is 6.08 Å². The lowest BCUT2D eigenvalue weighted by Gasteiger charge is -2.04. The Morgan fingerprint density at radius 1 is 1.40 bits per heavy atom. The number of ether oxygens (including phenoxy) is 2. The standard InChI is InChI=1S/C14H11ClN2O3/c15-11-5-13-12(19-7-20-13)4-8(11)3-9(6-16)14(18)17-10-1-2-10/h3-5,10H,1-2,7H2,(H,17,18). The predicted molar refractivity (Wildman–Crippen MR) is 72.3 cm³/mol. The van der Waals surface area contributed by atoms with Crippen molar-refractivity contribution >= 4 is 23.6 Å². The van der Waals surface area contributed by atoms with Crippen molar-refractivity contribution in [3.63, 3.8) is 0 Å². The number of halogens is 1. The second-order valence-corrected chi connectivity index (χ2v) is 5.05. The van der Waals surface area contributed by atoms with Crippen LogP contribution in [0.3, 0.4) is 0 Å². The van der Waals surface area contributed by atoms with Gasteiger partial charge < -0.3 is 14.8 Å². The van der Waals surface area contributed by atoms with Crippen molar-refractivity contribution in [2.75, 3.05) is 6.79 Å². The van der Waals surface area contributed by atoms with Gasteiger partial charge in [0.15, 0.2) is 11.5 Å². The molecule has 1 amide bonds. The summed E-state index contributed by atoms with van der Waals surface area (Å²) in [6.45, 7) is 0.145. The van der Waals surface area contributed by atoms with Gasteiger partial charge in [0.25, 0.3) is 5.91 Å². The monoisotopic (exact) mass is 290 g/mol. The molecule has 1 aromatic rings. The minimum atomic E-state index is -0.372. The van der Waals surface area contributed by atoms with Gasteiger partial charge in [0.2, 0.25) is 6.79 Å². The van der Waals surface area contributed by atoms with Crippen molar-refractivity contribution < 1.29 is 14.3 Å². The highest BCUT2D eigenvalue weighted by molar-refractivity contribution is 6.32. The predicted octanol–water partition coefficient (Wildman–Crippen LogP) is 2.25. The van der Waals surface area contributed by atoms with Crippen LogP contribution in [0, 0.1) is 11.3 Å². The van der Waals surface area contributed by atoms with E-state index < -0.39 is 0 Å². The minimum Gasteiger partial charge on any atom is -0.454 e. The number of nitrogens with one attached hydrogen (secondary N) is 1. The third kappa shape index (κ3) is 2.56. The number of rotatable bonds is 3. The van der Waals surface area contributed by atoms with E-state index in [0.29, 0.717) is 22.1 Å². The van der Waals surface area contributed by atoms with E-state index in [4.69, 9.17) is 26.3 Å². The summed E-state index contributed by atoms with van der Waals surface area (Å²) in [5, 5.41) is 12.3. The molecule has 0 bridgehead atoms. The number of nitrogens with zero attached hydrogens (tertiary/aromatic N) is 1. The maximum Gasteiger partial charge on any atom is 0.262 e. The zero-order valence-electron chi connectivity index (χ0n) is 10.5. The Kier molecular flexibility index (Phi) is 3.25. The molecule has 102 valence electrons. The van der Waals surface area contributed by atoms with Crippen LogP contribution in [0.4, 0.5) is 0 Å². The van der Waals surface area contributed by atoms with Gasteiger partial charge in [-0.05, 0) is 30.5 Å². The molecule has 1 fully saturated rings. The maximum absolute atomic E-state index is 11.9. The number of carbonyl (C=O) groups excluding carboxylic acids is 1. The highest BCUT2D eigenvalue weighted by Gasteiger charge is 2.25. The molecule has 5 nitrogen and oxygen atoms in total. The van der Waals surface area contributed by atoms with Crippen molar-refractivity contribution in [3.8, 4) is 17.6 Å². The topological polar surface area (TPSA) is 71.3 Å². The van der Waals surface area contributed by atoms with Gasteiger partial charge in [-0.2, -0.15) is 5.26 Å². The number of hydrogen-bond acceptors (Lipinski definition) is 4. The average Bonchev–Trinajstić information content (AvgIpc) is 3.12. The molecule has 1 aliphatic carbocycles. The third-order valence-electron chi connectivity index (χ3n) is 3.07. The van der Waals surface area contributed by atoms with Crippen LogP contribution in [-0.4, -0.2) is 18.7 Å². The van der Waals surface area contributed by atoms with Crippen LogP contribution in [0.15, 0.2) is 17.7 Å². The summed E-state index contributed by atoms with van der Waals surface area (Å²) in [5.74, 6) is 0.748. The molecule has 6 heteroatoms. The molecular weight excluding hydrogens is 280 g/mol. The molecular formula is C14H11ClN2O3. The van der Waals surface area contributed by atoms with Gasteiger partial charge in [-0.25, -0.2) is 0 Å².